The van der Waals surface area contributed by atoms with Gasteiger partial charge in [-0.1, -0.05) is 12.8 Å². The number of hydrogen-bond donors (Lipinski definition) is 2. The third-order valence-electron chi connectivity index (χ3n) is 4.59. The molecule has 0 aromatic heterocycles. The van der Waals surface area contributed by atoms with E-state index >= 15 is 0 Å². The lowest BCUT2D eigenvalue weighted by Gasteiger charge is -2.35. The minimum atomic E-state index is -0.0152. The van der Waals surface area contributed by atoms with Gasteiger partial charge < -0.3 is 16.0 Å². The van der Waals surface area contributed by atoms with Gasteiger partial charge in [-0.2, -0.15) is 0 Å². The van der Waals surface area contributed by atoms with E-state index in [0.717, 1.165) is 32.2 Å². The molecule has 114 valence electrons. The molecule has 2 amide bonds. The number of nitrogens with one attached hydrogen (secondary N) is 1. The third-order valence-corrected chi connectivity index (χ3v) is 4.59. The Morgan fingerprint density at radius 3 is 2.65 bits per heavy atom. The van der Waals surface area contributed by atoms with Crippen molar-refractivity contribution < 1.29 is 9.59 Å². The number of amides is 2. The van der Waals surface area contributed by atoms with Crippen molar-refractivity contribution in [3.05, 3.63) is 0 Å². The van der Waals surface area contributed by atoms with Gasteiger partial charge in [-0.15, -0.1) is 0 Å². The first-order valence-corrected chi connectivity index (χ1v) is 7.86. The summed E-state index contributed by atoms with van der Waals surface area (Å²) in [5.74, 6) is 0.540. The summed E-state index contributed by atoms with van der Waals surface area (Å²) in [6.07, 6.45) is 7.02. The zero-order valence-electron chi connectivity index (χ0n) is 12.4. The third kappa shape index (κ3) is 4.20. The van der Waals surface area contributed by atoms with Crippen LogP contribution >= 0.6 is 0 Å². The largest absolute Gasteiger partial charge is 0.352 e. The molecule has 20 heavy (non-hydrogen) atoms. The molecule has 1 aliphatic heterocycles. The van der Waals surface area contributed by atoms with Crippen LogP contribution in [-0.4, -0.2) is 41.9 Å². The molecule has 5 heteroatoms. The van der Waals surface area contributed by atoms with E-state index < -0.39 is 0 Å². The number of likely N-dealkylation sites (tertiary alicyclic amines) is 1. The van der Waals surface area contributed by atoms with Crippen LogP contribution in [0.15, 0.2) is 0 Å². The van der Waals surface area contributed by atoms with Crippen LogP contribution in [0.2, 0.25) is 0 Å². The van der Waals surface area contributed by atoms with Gasteiger partial charge in [-0.25, -0.2) is 0 Å². The zero-order chi connectivity index (χ0) is 14.5. The smallest absolute Gasteiger partial charge is 0.222 e. The lowest BCUT2D eigenvalue weighted by atomic mass is 9.82. The Morgan fingerprint density at radius 1 is 1.20 bits per heavy atom. The minimum absolute atomic E-state index is 0.0152. The molecular weight excluding hydrogens is 254 g/mol. The van der Waals surface area contributed by atoms with Gasteiger partial charge in [0.25, 0.3) is 0 Å². The van der Waals surface area contributed by atoms with Gasteiger partial charge in [0.1, 0.15) is 0 Å². The molecule has 1 aliphatic carbocycles. The van der Waals surface area contributed by atoms with E-state index in [1.807, 2.05) is 4.90 Å². The van der Waals surface area contributed by atoms with Gasteiger partial charge in [-0.05, 0) is 31.6 Å². The summed E-state index contributed by atoms with van der Waals surface area (Å²) in [4.78, 5) is 25.4. The number of rotatable bonds is 3. The summed E-state index contributed by atoms with van der Waals surface area (Å²) in [6, 6.07) is 0.300. The summed E-state index contributed by atoms with van der Waals surface area (Å²) in [6.45, 7) is 3.00. The number of piperidine rings is 1. The molecule has 3 atom stereocenters. The topological polar surface area (TPSA) is 75.4 Å². The maximum Gasteiger partial charge on any atom is 0.222 e. The molecule has 1 saturated carbocycles. The lowest BCUT2D eigenvalue weighted by Crippen LogP contribution is -2.50. The highest BCUT2D eigenvalue weighted by Crippen LogP contribution is 2.26. The molecule has 2 fully saturated rings. The van der Waals surface area contributed by atoms with Crippen molar-refractivity contribution in [3.63, 3.8) is 0 Å². The highest BCUT2D eigenvalue weighted by Gasteiger charge is 2.29. The Kier molecular flexibility index (Phi) is 5.40. The minimum Gasteiger partial charge on any atom is -0.352 e. The fourth-order valence-electron chi connectivity index (χ4n) is 3.45. The maximum absolute atomic E-state index is 12.4. The lowest BCUT2D eigenvalue weighted by molar-refractivity contribution is -0.134. The van der Waals surface area contributed by atoms with Crippen LogP contribution in [0.1, 0.15) is 51.9 Å². The summed E-state index contributed by atoms with van der Waals surface area (Å²) in [7, 11) is 0. The number of nitrogens with zero attached hydrogens (tertiary/aromatic N) is 1. The van der Waals surface area contributed by atoms with E-state index in [2.05, 4.69) is 5.32 Å². The Labute approximate surface area is 121 Å². The first-order valence-electron chi connectivity index (χ1n) is 7.86. The van der Waals surface area contributed by atoms with E-state index in [1.54, 1.807) is 0 Å². The monoisotopic (exact) mass is 281 g/mol. The first kappa shape index (κ1) is 15.3. The SMILES string of the molecule is CC(=O)NC1CCCN(C(=O)CC2CCCCC2N)C1. The molecule has 0 aromatic rings. The zero-order valence-corrected chi connectivity index (χ0v) is 12.4. The van der Waals surface area contributed by atoms with Gasteiger partial charge >= 0.3 is 0 Å². The standard InChI is InChI=1S/C15H27N3O2/c1-11(19)17-13-6-4-8-18(10-13)15(20)9-12-5-2-3-7-14(12)16/h12-14H,2-10,16H2,1H3,(H,17,19). The van der Waals surface area contributed by atoms with Crippen molar-refractivity contribution >= 4 is 11.8 Å². The molecule has 1 saturated heterocycles. The van der Waals surface area contributed by atoms with Crippen LogP contribution in [0.4, 0.5) is 0 Å². The van der Waals surface area contributed by atoms with Gasteiger partial charge in [-0.3, -0.25) is 9.59 Å². The van der Waals surface area contributed by atoms with E-state index in [1.165, 1.54) is 19.8 Å². The molecule has 5 nitrogen and oxygen atoms in total. The van der Waals surface area contributed by atoms with Gasteiger partial charge in [0, 0.05) is 38.5 Å². The summed E-state index contributed by atoms with van der Waals surface area (Å²) >= 11 is 0. The Morgan fingerprint density at radius 2 is 1.95 bits per heavy atom. The maximum atomic E-state index is 12.4. The van der Waals surface area contributed by atoms with E-state index in [9.17, 15) is 9.59 Å². The first-order chi connectivity index (χ1) is 9.56. The Hall–Kier alpha value is -1.10. The second-order valence-corrected chi connectivity index (χ2v) is 6.29. The van der Waals surface area contributed by atoms with Crippen LogP contribution in [0.3, 0.4) is 0 Å². The molecular formula is C15H27N3O2. The summed E-state index contributed by atoms with van der Waals surface area (Å²) in [5.41, 5.74) is 6.12. The number of carbonyl (C=O) groups excluding carboxylic acids is 2. The predicted molar refractivity (Wildman–Crippen MR) is 78.0 cm³/mol. The molecule has 0 bridgehead atoms. The van der Waals surface area contributed by atoms with Crippen molar-refractivity contribution in [1.29, 1.82) is 0 Å². The second kappa shape index (κ2) is 7.07. The van der Waals surface area contributed by atoms with Crippen molar-refractivity contribution in [2.24, 2.45) is 11.7 Å². The van der Waals surface area contributed by atoms with Gasteiger partial charge in [0.2, 0.25) is 11.8 Å². The molecule has 2 rings (SSSR count). The van der Waals surface area contributed by atoms with Crippen molar-refractivity contribution in [1.82, 2.24) is 10.2 Å². The highest BCUT2D eigenvalue weighted by atomic mass is 16.2. The van der Waals surface area contributed by atoms with E-state index in [0.29, 0.717) is 18.9 Å². The predicted octanol–water partition coefficient (Wildman–Crippen LogP) is 1.02. The van der Waals surface area contributed by atoms with Crippen LogP contribution < -0.4 is 11.1 Å². The van der Waals surface area contributed by atoms with E-state index in [-0.39, 0.29) is 23.9 Å². The average Bonchev–Trinajstić information content (AvgIpc) is 2.41. The average molecular weight is 281 g/mol. The molecule has 2 aliphatic rings. The molecule has 0 spiro atoms. The molecule has 3 unspecified atom stereocenters. The number of nitrogens with two attached hydrogens (primary N) is 1. The molecule has 1 heterocycles. The Bertz CT molecular complexity index is 359. The van der Waals surface area contributed by atoms with Crippen LogP contribution in [-0.2, 0) is 9.59 Å². The van der Waals surface area contributed by atoms with Gasteiger partial charge in [0.05, 0.1) is 0 Å². The normalized spacial score (nSPS) is 30.9. The Balaban J connectivity index is 1.83. The molecule has 3 N–H and O–H groups in total. The van der Waals surface area contributed by atoms with E-state index in [4.69, 9.17) is 5.73 Å². The van der Waals surface area contributed by atoms with Crippen molar-refractivity contribution in [2.45, 2.75) is 64.0 Å². The van der Waals surface area contributed by atoms with Gasteiger partial charge in [0.15, 0.2) is 0 Å². The fraction of sp³-hybridized carbons (Fsp3) is 0.867. The molecule has 0 aromatic carbocycles. The quantitative estimate of drug-likeness (QED) is 0.811. The molecule has 0 radical (unpaired) electrons. The van der Waals surface area contributed by atoms with Crippen molar-refractivity contribution in [3.8, 4) is 0 Å². The highest BCUT2D eigenvalue weighted by molar-refractivity contribution is 5.77. The fourth-order valence-corrected chi connectivity index (χ4v) is 3.45. The summed E-state index contributed by atoms with van der Waals surface area (Å²) < 4.78 is 0. The number of carbonyl (C=O) groups is 2. The second-order valence-electron chi connectivity index (χ2n) is 6.29. The van der Waals surface area contributed by atoms with Crippen LogP contribution in [0.25, 0.3) is 0 Å². The van der Waals surface area contributed by atoms with Crippen molar-refractivity contribution in [2.75, 3.05) is 13.1 Å². The van der Waals surface area contributed by atoms with Crippen LogP contribution in [0.5, 0.6) is 0 Å². The summed E-state index contributed by atoms with van der Waals surface area (Å²) in [5, 5.41) is 2.92. The van der Waals surface area contributed by atoms with Crippen LogP contribution in [0, 0.1) is 5.92 Å². The number of hydrogen-bond acceptors (Lipinski definition) is 3.